The maximum atomic E-state index is 13.4. The van der Waals surface area contributed by atoms with Crippen LogP contribution < -0.4 is 5.43 Å². The van der Waals surface area contributed by atoms with Gasteiger partial charge in [0.25, 0.3) is 5.91 Å². The Morgan fingerprint density at radius 2 is 1.39 bits per heavy atom. The molecule has 0 bridgehead atoms. The first kappa shape index (κ1) is 25.6. The molecule has 1 amide bonds. The first-order chi connectivity index (χ1) is 17.2. The molecule has 9 nitrogen and oxygen atoms in total. The highest BCUT2D eigenvalue weighted by atomic mass is 32.2. The van der Waals surface area contributed by atoms with Gasteiger partial charge < -0.3 is 0 Å². The molecule has 12 heteroatoms. The van der Waals surface area contributed by atoms with E-state index in [9.17, 15) is 26.0 Å². The maximum Gasteiger partial charge on any atom is 0.259 e. The minimum atomic E-state index is -4.11. The van der Waals surface area contributed by atoms with Crippen molar-refractivity contribution in [2.45, 2.75) is 15.8 Å². The van der Waals surface area contributed by atoms with E-state index in [1.54, 1.807) is 36.4 Å². The third-order valence-electron chi connectivity index (χ3n) is 5.59. The molecule has 1 saturated heterocycles. The highest BCUT2D eigenvalue weighted by Crippen LogP contribution is 2.25. The highest BCUT2D eigenvalue weighted by Gasteiger charge is 2.43. The molecule has 3 aromatic carbocycles. The third-order valence-corrected chi connectivity index (χ3v) is 9.39. The number of rotatable bonds is 7. The summed E-state index contributed by atoms with van der Waals surface area (Å²) in [5, 5.41) is 3.84. The van der Waals surface area contributed by atoms with Crippen LogP contribution in [0, 0.1) is 5.82 Å². The van der Waals surface area contributed by atoms with Gasteiger partial charge in [0, 0.05) is 19.6 Å². The summed E-state index contributed by atoms with van der Waals surface area (Å²) in [6, 6.07) is 19.3. The molecule has 1 aliphatic heterocycles. The molecule has 1 atom stereocenters. The molecule has 1 fully saturated rings. The Balaban J connectivity index is 1.62. The van der Waals surface area contributed by atoms with E-state index in [0.717, 1.165) is 8.61 Å². The zero-order chi connectivity index (χ0) is 25.8. The zero-order valence-electron chi connectivity index (χ0n) is 18.9. The first-order valence-electron chi connectivity index (χ1n) is 10.9. The monoisotopic (exact) mass is 530 g/mol. The maximum absolute atomic E-state index is 13.4. The van der Waals surface area contributed by atoms with Gasteiger partial charge in [0.2, 0.25) is 20.0 Å². The number of hydrogen-bond donors (Lipinski definition) is 1. The summed E-state index contributed by atoms with van der Waals surface area (Å²) >= 11 is 0. The zero-order valence-corrected chi connectivity index (χ0v) is 20.6. The molecule has 36 heavy (non-hydrogen) atoms. The quantitative estimate of drug-likeness (QED) is 0.371. The highest BCUT2D eigenvalue weighted by molar-refractivity contribution is 7.89. The van der Waals surface area contributed by atoms with Crippen molar-refractivity contribution in [1.82, 2.24) is 14.0 Å². The summed E-state index contributed by atoms with van der Waals surface area (Å²) in [5.74, 6) is -1.24. The normalized spacial score (nSPS) is 17.8. The van der Waals surface area contributed by atoms with Crippen molar-refractivity contribution >= 4 is 32.2 Å². The van der Waals surface area contributed by atoms with Crippen LogP contribution in [0.5, 0.6) is 0 Å². The fraction of sp³-hybridized carbons (Fsp3) is 0.167. The second kappa shape index (κ2) is 10.7. The van der Waals surface area contributed by atoms with Gasteiger partial charge in [-0.25, -0.2) is 26.7 Å². The van der Waals surface area contributed by atoms with Crippen LogP contribution in [0.25, 0.3) is 0 Å². The number of sulfonamides is 2. The van der Waals surface area contributed by atoms with Crippen LogP contribution in [0.2, 0.25) is 0 Å². The largest absolute Gasteiger partial charge is 0.271 e. The summed E-state index contributed by atoms with van der Waals surface area (Å²) in [7, 11) is -8.09. The third kappa shape index (κ3) is 5.51. The van der Waals surface area contributed by atoms with E-state index in [1.165, 1.54) is 54.7 Å². The average molecular weight is 531 g/mol. The Hall–Kier alpha value is -3.45. The molecule has 0 radical (unpaired) electrons. The van der Waals surface area contributed by atoms with Crippen LogP contribution in [0.15, 0.2) is 99.8 Å². The second-order valence-corrected chi connectivity index (χ2v) is 11.7. The molecule has 1 heterocycles. The molecule has 1 N–H and O–H groups in total. The van der Waals surface area contributed by atoms with E-state index in [0.29, 0.717) is 5.56 Å². The average Bonchev–Trinajstić information content (AvgIpc) is 2.90. The molecule has 188 valence electrons. The van der Waals surface area contributed by atoms with Crippen molar-refractivity contribution < 1.29 is 26.0 Å². The number of piperazine rings is 1. The summed E-state index contributed by atoms with van der Waals surface area (Å²) in [6.45, 7) is -0.768. The lowest BCUT2D eigenvalue weighted by molar-refractivity contribution is -0.125. The molecular formula is C24H23FN4O5S2. The summed E-state index contributed by atoms with van der Waals surface area (Å²) in [4.78, 5) is 13.2. The Morgan fingerprint density at radius 1 is 0.833 bits per heavy atom. The van der Waals surface area contributed by atoms with E-state index < -0.39 is 44.4 Å². The molecule has 0 unspecified atom stereocenters. The lowest BCUT2D eigenvalue weighted by Gasteiger charge is -2.38. The number of carbonyl (C=O) groups excluding carboxylic acids is 1. The standard InChI is InChI=1S/C24H23FN4O5S2/c25-20-13-11-19(12-14-20)17-26-27-24(30)23-18-28(35(31,32)21-7-3-1-4-8-21)15-16-29(23)36(33,34)22-9-5-2-6-10-22/h1-14,17,23H,15-16,18H2,(H,27,30)/b26-17-/t23-/m0/s1. The van der Waals surface area contributed by atoms with Crippen molar-refractivity contribution in [1.29, 1.82) is 0 Å². The molecule has 1 aliphatic rings. The minimum Gasteiger partial charge on any atom is -0.271 e. The van der Waals surface area contributed by atoms with Crippen molar-refractivity contribution in [3.05, 3.63) is 96.3 Å². The van der Waals surface area contributed by atoms with Crippen LogP contribution >= 0.6 is 0 Å². The van der Waals surface area contributed by atoms with Gasteiger partial charge in [-0.15, -0.1) is 0 Å². The molecule has 4 rings (SSSR count). The fourth-order valence-electron chi connectivity index (χ4n) is 3.72. The van der Waals surface area contributed by atoms with Crippen LogP contribution in [0.4, 0.5) is 4.39 Å². The predicted molar refractivity (Wildman–Crippen MR) is 131 cm³/mol. The van der Waals surface area contributed by atoms with Gasteiger partial charge >= 0.3 is 0 Å². The van der Waals surface area contributed by atoms with E-state index in [-0.39, 0.29) is 22.9 Å². The summed E-state index contributed by atoms with van der Waals surface area (Å²) in [5.41, 5.74) is 2.79. The van der Waals surface area contributed by atoms with Gasteiger partial charge in [-0.2, -0.15) is 13.7 Å². The smallest absolute Gasteiger partial charge is 0.259 e. The number of halogens is 1. The predicted octanol–water partition coefficient (Wildman–Crippen LogP) is 2.04. The van der Waals surface area contributed by atoms with Crippen molar-refractivity contribution in [2.24, 2.45) is 5.10 Å². The lowest BCUT2D eigenvalue weighted by Crippen LogP contribution is -2.60. The molecule has 0 aromatic heterocycles. The number of hydrogen-bond acceptors (Lipinski definition) is 6. The van der Waals surface area contributed by atoms with E-state index >= 15 is 0 Å². The van der Waals surface area contributed by atoms with Gasteiger partial charge in [0.1, 0.15) is 11.9 Å². The van der Waals surface area contributed by atoms with Crippen LogP contribution in [-0.4, -0.2) is 63.2 Å². The lowest BCUT2D eigenvalue weighted by atomic mass is 10.2. The van der Waals surface area contributed by atoms with Gasteiger partial charge in [-0.3, -0.25) is 4.79 Å². The topological polar surface area (TPSA) is 116 Å². The van der Waals surface area contributed by atoms with Gasteiger partial charge in [-0.1, -0.05) is 48.5 Å². The van der Waals surface area contributed by atoms with Gasteiger partial charge in [0.15, 0.2) is 0 Å². The number of benzene rings is 3. The Kier molecular flexibility index (Phi) is 7.59. The van der Waals surface area contributed by atoms with E-state index in [2.05, 4.69) is 10.5 Å². The molecule has 0 aliphatic carbocycles. The molecule has 0 saturated carbocycles. The van der Waals surface area contributed by atoms with Crippen LogP contribution in [0.3, 0.4) is 0 Å². The van der Waals surface area contributed by atoms with E-state index in [1.807, 2.05) is 0 Å². The SMILES string of the molecule is O=C(N/N=C\c1ccc(F)cc1)[C@@H]1CN(S(=O)(=O)c2ccccc2)CCN1S(=O)(=O)c1ccccc1. The van der Waals surface area contributed by atoms with Gasteiger partial charge in [0.05, 0.1) is 16.0 Å². The van der Waals surface area contributed by atoms with Crippen molar-refractivity contribution in [3.63, 3.8) is 0 Å². The van der Waals surface area contributed by atoms with Crippen molar-refractivity contribution in [2.75, 3.05) is 19.6 Å². The number of nitrogens with zero attached hydrogens (tertiary/aromatic N) is 3. The molecular weight excluding hydrogens is 507 g/mol. The van der Waals surface area contributed by atoms with Gasteiger partial charge in [-0.05, 0) is 42.0 Å². The number of amides is 1. The fourth-order valence-corrected chi connectivity index (χ4v) is 6.77. The number of hydrazone groups is 1. The summed E-state index contributed by atoms with van der Waals surface area (Å²) < 4.78 is 68.2. The second-order valence-electron chi connectivity index (χ2n) is 7.91. The van der Waals surface area contributed by atoms with Crippen LogP contribution in [-0.2, 0) is 24.8 Å². The molecule has 0 spiro atoms. The van der Waals surface area contributed by atoms with E-state index in [4.69, 9.17) is 0 Å². The Bertz CT molecular complexity index is 1450. The Morgan fingerprint density at radius 3 is 1.97 bits per heavy atom. The number of nitrogens with one attached hydrogen (secondary N) is 1. The summed E-state index contributed by atoms with van der Waals surface area (Å²) in [6.07, 6.45) is 1.27. The number of carbonyl (C=O) groups is 1. The minimum absolute atomic E-state index is 0.0167. The first-order valence-corrected chi connectivity index (χ1v) is 13.8. The Labute approximate surface area is 209 Å². The molecule has 3 aromatic rings. The van der Waals surface area contributed by atoms with Crippen LogP contribution in [0.1, 0.15) is 5.56 Å². The van der Waals surface area contributed by atoms with Crippen molar-refractivity contribution in [3.8, 4) is 0 Å².